The Morgan fingerprint density at radius 1 is 1.08 bits per heavy atom. The van der Waals surface area contributed by atoms with E-state index in [4.69, 9.17) is 25.3 Å². The molecule has 0 aromatic heterocycles. The van der Waals surface area contributed by atoms with Crippen LogP contribution in [0, 0.1) is 0 Å². The molecular weight excluding hydrogens is 216 g/mol. The second-order valence-corrected chi connectivity index (χ2v) is 12.0. The van der Waals surface area contributed by atoms with Crippen molar-refractivity contribution >= 4 is 35.3 Å². The van der Waals surface area contributed by atoms with Crippen molar-refractivity contribution in [3.63, 3.8) is 0 Å². The van der Waals surface area contributed by atoms with Crippen molar-refractivity contribution in [3.05, 3.63) is 0 Å². The summed E-state index contributed by atoms with van der Waals surface area (Å²) in [5, 5.41) is 0.959. The van der Waals surface area contributed by atoms with Gasteiger partial charge in [-0.05, 0) is 32.1 Å². The number of hydrogen-bond donors (Lipinski definition) is 2. The van der Waals surface area contributed by atoms with Gasteiger partial charge in [-0.1, -0.05) is 6.92 Å². The molecule has 0 bridgehead atoms. The largest absolute Gasteiger partial charge is 0.198 e. The van der Waals surface area contributed by atoms with Crippen molar-refractivity contribution in [2.24, 2.45) is 0 Å². The monoisotopic (exact) mass is 232 g/mol. The maximum absolute atomic E-state index is 4.98. The highest BCUT2D eigenvalue weighted by atomic mass is 32.3. The van der Waals surface area contributed by atoms with E-state index >= 15 is 0 Å². The molecular formula is C10H16S3. The van der Waals surface area contributed by atoms with Crippen LogP contribution in [-0.2, 0) is 0 Å². The minimum Gasteiger partial charge on any atom is -0.198 e. The maximum atomic E-state index is 4.98. The van der Waals surface area contributed by atoms with Crippen LogP contribution in [-0.4, -0.2) is 18.2 Å². The molecule has 0 nitrogen and oxygen atoms in total. The van der Waals surface area contributed by atoms with Crippen LogP contribution in [0.1, 0.15) is 39.0 Å². The van der Waals surface area contributed by atoms with E-state index in [-0.39, 0.29) is 10.0 Å². The number of fused-ring (bicyclic) bond motifs is 2. The molecule has 4 rings (SSSR count). The first-order chi connectivity index (χ1) is 6.03. The summed E-state index contributed by atoms with van der Waals surface area (Å²) in [6.45, 7) is 2.54. The lowest BCUT2D eigenvalue weighted by molar-refractivity contribution is 0.511. The summed E-state index contributed by atoms with van der Waals surface area (Å²) in [4.78, 5) is 0. The average Bonchev–Trinajstić information content (AvgIpc) is 2.83. The molecule has 4 aliphatic heterocycles. The summed E-state index contributed by atoms with van der Waals surface area (Å²) in [7, 11) is -0.366. The van der Waals surface area contributed by atoms with Gasteiger partial charge in [-0.2, -0.15) is 35.3 Å². The highest BCUT2D eigenvalue weighted by Crippen LogP contribution is 3.17. The van der Waals surface area contributed by atoms with Gasteiger partial charge in [-0.25, -0.2) is 0 Å². The first-order valence-corrected chi connectivity index (χ1v) is 7.88. The van der Waals surface area contributed by atoms with Crippen LogP contribution in [0.4, 0.5) is 0 Å². The second kappa shape index (κ2) is 1.73. The van der Waals surface area contributed by atoms with Crippen LogP contribution >= 0.6 is 35.3 Å². The fraction of sp³-hybridized carbons (Fsp3) is 1.00. The predicted octanol–water partition coefficient (Wildman–Crippen LogP) is 3.18. The Balaban J connectivity index is 1.91. The van der Waals surface area contributed by atoms with Gasteiger partial charge in [-0.3, -0.25) is 0 Å². The smallest absolute Gasteiger partial charge is 0.0576 e. The summed E-state index contributed by atoms with van der Waals surface area (Å²) in [6.07, 6.45) is 7.14. The third-order valence-electron chi connectivity index (χ3n) is 5.20. The summed E-state index contributed by atoms with van der Waals surface area (Å²) in [6, 6.07) is 0. The van der Waals surface area contributed by atoms with Crippen molar-refractivity contribution in [1.82, 2.24) is 0 Å². The SMILES string of the molecule is CC12CCCC3(S)C4C(S)(CC1)S423. The fourth-order valence-corrected chi connectivity index (χ4v) is 16.9. The van der Waals surface area contributed by atoms with E-state index in [2.05, 4.69) is 6.92 Å². The molecule has 4 aliphatic rings. The maximum Gasteiger partial charge on any atom is 0.0576 e. The minimum atomic E-state index is -0.366. The Labute approximate surface area is 92.4 Å². The molecule has 0 aliphatic carbocycles. The van der Waals surface area contributed by atoms with Gasteiger partial charge < -0.3 is 0 Å². The molecule has 4 heterocycles. The zero-order valence-electron chi connectivity index (χ0n) is 7.92. The van der Waals surface area contributed by atoms with E-state index < -0.39 is 0 Å². The van der Waals surface area contributed by atoms with Gasteiger partial charge in [0.05, 0.1) is 8.16 Å². The molecule has 0 aromatic rings. The number of thiol groups is 2. The Kier molecular flexibility index (Phi) is 1.10. The molecule has 0 radical (unpaired) electrons. The lowest BCUT2D eigenvalue weighted by atomic mass is 9.98. The summed E-state index contributed by atoms with van der Waals surface area (Å²) < 4.78 is 1.72. The Morgan fingerprint density at radius 3 is 2.46 bits per heavy atom. The zero-order valence-corrected chi connectivity index (χ0v) is 10.5. The average molecular weight is 232 g/mol. The molecule has 3 heteroatoms. The van der Waals surface area contributed by atoms with Crippen LogP contribution in [0.3, 0.4) is 0 Å². The third-order valence-corrected chi connectivity index (χ3v) is 14.3. The van der Waals surface area contributed by atoms with Crippen LogP contribution < -0.4 is 0 Å². The van der Waals surface area contributed by atoms with E-state index in [0.29, 0.717) is 12.9 Å². The van der Waals surface area contributed by atoms with E-state index in [9.17, 15) is 0 Å². The Morgan fingerprint density at radius 2 is 1.77 bits per heavy atom. The van der Waals surface area contributed by atoms with Crippen LogP contribution in [0.2, 0.25) is 0 Å². The highest BCUT2D eigenvalue weighted by molar-refractivity contribution is 8.59. The third kappa shape index (κ3) is 0.490. The summed E-state index contributed by atoms with van der Waals surface area (Å²) in [5.41, 5.74) is 0. The second-order valence-electron chi connectivity index (χ2n) is 5.53. The van der Waals surface area contributed by atoms with Gasteiger partial charge in [0.2, 0.25) is 0 Å². The number of rotatable bonds is 0. The molecule has 0 aromatic carbocycles. The summed E-state index contributed by atoms with van der Waals surface area (Å²) in [5.74, 6) is 0. The van der Waals surface area contributed by atoms with Crippen LogP contribution in [0.25, 0.3) is 0 Å². The van der Waals surface area contributed by atoms with Crippen molar-refractivity contribution in [2.75, 3.05) is 0 Å². The van der Waals surface area contributed by atoms with Gasteiger partial charge >= 0.3 is 0 Å². The quantitative estimate of drug-likeness (QED) is 0.465. The fourth-order valence-electron chi connectivity index (χ4n) is 4.75. The molecule has 4 fully saturated rings. The van der Waals surface area contributed by atoms with E-state index in [0.717, 1.165) is 5.25 Å². The zero-order chi connectivity index (χ0) is 9.11. The molecule has 13 heavy (non-hydrogen) atoms. The first-order valence-electron chi connectivity index (χ1n) is 5.29. The first kappa shape index (κ1) is 8.23. The minimum absolute atomic E-state index is 0.366. The molecule has 5 unspecified atom stereocenters. The molecule has 5 atom stereocenters. The van der Waals surface area contributed by atoms with Crippen molar-refractivity contribution in [2.45, 2.75) is 57.2 Å². The molecule has 0 N–H and O–H groups in total. The van der Waals surface area contributed by atoms with Crippen molar-refractivity contribution in [3.8, 4) is 0 Å². The normalized spacial score (nSPS) is 82.2. The van der Waals surface area contributed by atoms with Crippen LogP contribution in [0.15, 0.2) is 0 Å². The molecule has 1 spiro atoms. The molecule has 74 valence electrons. The standard InChI is InChI=1S/C10H16S3/c1-8-3-2-4-9(11)7-10(12,6-5-8)13(7,8)9/h7,11-12H,2-6H2,1H3. The van der Waals surface area contributed by atoms with E-state index in [1.165, 1.54) is 32.1 Å². The number of hydrogen-bond acceptors (Lipinski definition) is 2. The van der Waals surface area contributed by atoms with Crippen LogP contribution in [0.5, 0.6) is 0 Å². The van der Waals surface area contributed by atoms with Gasteiger partial charge in [0, 0.05) is 10.00 Å². The molecule has 0 amide bonds. The van der Waals surface area contributed by atoms with Gasteiger partial charge in [0.1, 0.15) is 0 Å². The Hall–Kier alpha value is 1.05. The van der Waals surface area contributed by atoms with Crippen molar-refractivity contribution < 1.29 is 0 Å². The topological polar surface area (TPSA) is 0 Å². The highest BCUT2D eigenvalue weighted by Gasteiger charge is 3.03. The Bertz CT molecular complexity index is 326. The van der Waals surface area contributed by atoms with E-state index in [1.54, 1.807) is 0 Å². The predicted molar refractivity (Wildman–Crippen MR) is 66.3 cm³/mol. The molecule has 0 saturated carbocycles. The van der Waals surface area contributed by atoms with E-state index in [1.807, 2.05) is 0 Å². The van der Waals surface area contributed by atoms with Gasteiger partial charge in [0.15, 0.2) is 0 Å². The lowest BCUT2D eigenvalue weighted by Crippen LogP contribution is -2.34. The summed E-state index contributed by atoms with van der Waals surface area (Å²) >= 11 is 9.94. The van der Waals surface area contributed by atoms with Gasteiger partial charge in [-0.15, -0.1) is 0 Å². The molecule has 4 saturated heterocycles. The lowest BCUT2D eigenvalue weighted by Gasteiger charge is -2.44. The van der Waals surface area contributed by atoms with Gasteiger partial charge in [0.25, 0.3) is 0 Å². The van der Waals surface area contributed by atoms with Crippen molar-refractivity contribution in [1.29, 1.82) is 0 Å².